The summed E-state index contributed by atoms with van der Waals surface area (Å²) in [5.41, 5.74) is 7.35. The second kappa shape index (κ2) is 10.4. The number of furan rings is 2. The predicted molar refractivity (Wildman–Crippen MR) is 189 cm³/mol. The number of hydrogen-bond donors (Lipinski definition) is 0. The van der Waals surface area contributed by atoms with E-state index in [1.54, 1.807) is 0 Å². The van der Waals surface area contributed by atoms with E-state index in [4.69, 9.17) is 8.83 Å². The zero-order valence-corrected chi connectivity index (χ0v) is 25.5. The van der Waals surface area contributed by atoms with Gasteiger partial charge in [0.2, 0.25) is 0 Å². The number of pyridine rings is 1. The molecule has 3 heterocycles. The Balaban J connectivity index is 1.19. The van der Waals surface area contributed by atoms with E-state index in [0.29, 0.717) is 0 Å². The van der Waals surface area contributed by atoms with Crippen LogP contribution < -0.4 is 15.9 Å². The third-order valence-electron chi connectivity index (χ3n) is 8.82. The summed E-state index contributed by atoms with van der Waals surface area (Å²) in [7, 11) is -3.13. The number of hydrogen-bond acceptors (Lipinski definition) is 4. The summed E-state index contributed by atoms with van der Waals surface area (Å²) < 4.78 is 27.6. The van der Waals surface area contributed by atoms with Crippen LogP contribution in [0.5, 0.6) is 0 Å². The number of aromatic nitrogens is 1. The molecule has 0 aliphatic carbocycles. The van der Waals surface area contributed by atoms with Crippen LogP contribution in [0.4, 0.5) is 0 Å². The van der Waals surface area contributed by atoms with Crippen molar-refractivity contribution in [1.29, 1.82) is 0 Å². The molecule has 9 aromatic rings. The summed E-state index contributed by atoms with van der Waals surface area (Å²) in [6.45, 7) is 0. The first kappa shape index (κ1) is 26.7. The Morgan fingerprint density at radius 2 is 0.870 bits per heavy atom. The van der Waals surface area contributed by atoms with Crippen LogP contribution in [-0.2, 0) is 4.57 Å². The largest absolute Gasteiger partial charge is 0.456 e. The van der Waals surface area contributed by atoms with Gasteiger partial charge in [-0.15, -0.1) is 0 Å². The van der Waals surface area contributed by atoms with Crippen LogP contribution in [0.3, 0.4) is 0 Å². The zero-order chi connectivity index (χ0) is 30.7. The minimum absolute atomic E-state index is 0.766. The fraction of sp³-hybridized carbons (Fsp3) is 0. The molecule has 0 spiro atoms. The smallest absolute Gasteiger partial charge is 0.171 e. The summed E-state index contributed by atoms with van der Waals surface area (Å²) >= 11 is 0. The van der Waals surface area contributed by atoms with Gasteiger partial charge in [0.15, 0.2) is 7.14 Å². The lowest BCUT2D eigenvalue weighted by Crippen LogP contribution is -2.24. The molecule has 218 valence electrons. The van der Waals surface area contributed by atoms with Gasteiger partial charge < -0.3 is 13.4 Å². The van der Waals surface area contributed by atoms with E-state index in [1.165, 1.54) is 0 Å². The molecule has 0 amide bonds. The lowest BCUT2D eigenvalue weighted by Gasteiger charge is -2.20. The molecular weight excluding hydrogens is 585 g/mol. The van der Waals surface area contributed by atoms with E-state index in [-0.39, 0.29) is 0 Å². The van der Waals surface area contributed by atoms with Gasteiger partial charge in [-0.25, -0.2) is 0 Å². The maximum Gasteiger partial charge on any atom is 0.171 e. The van der Waals surface area contributed by atoms with Crippen LogP contribution in [0.2, 0.25) is 0 Å². The quantitative estimate of drug-likeness (QED) is 0.182. The van der Waals surface area contributed by atoms with Gasteiger partial charge in [-0.2, -0.15) is 0 Å². The number of rotatable bonds is 5. The van der Waals surface area contributed by atoms with Crippen molar-refractivity contribution in [3.05, 3.63) is 158 Å². The minimum Gasteiger partial charge on any atom is -0.456 e. The van der Waals surface area contributed by atoms with Crippen molar-refractivity contribution in [3.63, 3.8) is 0 Å². The van der Waals surface area contributed by atoms with E-state index in [2.05, 4.69) is 47.4 Å². The summed E-state index contributed by atoms with van der Waals surface area (Å²) in [5.74, 6) is 0. The van der Waals surface area contributed by atoms with Gasteiger partial charge >= 0.3 is 0 Å². The molecule has 0 N–H and O–H groups in total. The van der Waals surface area contributed by atoms with Gasteiger partial charge in [-0.1, -0.05) is 78.9 Å². The first-order valence-electron chi connectivity index (χ1n) is 15.2. The maximum atomic E-state index is 15.1. The Morgan fingerprint density at radius 3 is 1.39 bits per heavy atom. The molecular formula is C41H26NO3P. The lowest BCUT2D eigenvalue weighted by molar-refractivity contribution is 0.592. The molecule has 0 radical (unpaired) electrons. The van der Waals surface area contributed by atoms with Crippen molar-refractivity contribution in [3.8, 4) is 22.4 Å². The molecule has 4 nitrogen and oxygen atoms in total. The van der Waals surface area contributed by atoms with E-state index >= 15 is 4.57 Å². The highest BCUT2D eigenvalue weighted by Crippen LogP contribution is 2.44. The van der Waals surface area contributed by atoms with E-state index in [1.807, 2.05) is 115 Å². The fourth-order valence-corrected chi connectivity index (χ4v) is 9.19. The summed E-state index contributed by atoms with van der Waals surface area (Å²) in [5, 5.41) is 6.42. The molecule has 46 heavy (non-hydrogen) atoms. The average molecular weight is 612 g/mol. The average Bonchev–Trinajstić information content (AvgIpc) is 3.69. The molecule has 0 saturated carbocycles. The van der Waals surface area contributed by atoms with Gasteiger partial charge in [0.1, 0.15) is 22.3 Å². The summed E-state index contributed by atoms with van der Waals surface area (Å²) in [4.78, 5) is 4.53. The van der Waals surface area contributed by atoms with Crippen LogP contribution in [0.15, 0.2) is 167 Å². The molecule has 0 unspecified atom stereocenters. The molecule has 0 aliphatic rings. The molecule has 0 atom stereocenters. The van der Waals surface area contributed by atoms with Gasteiger partial charge in [0, 0.05) is 49.2 Å². The van der Waals surface area contributed by atoms with Crippen LogP contribution in [-0.4, -0.2) is 4.98 Å². The molecule has 9 rings (SSSR count). The van der Waals surface area contributed by atoms with Crippen molar-refractivity contribution in [2.75, 3.05) is 0 Å². The van der Waals surface area contributed by atoms with Gasteiger partial charge in [-0.05, 0) is 83.9 Å². The van der Waals surface area contributed by atoms with Crippen molar-refractivity contribution in [2.45, 2.75) is 0 Å². The molecule has 0 saturated heterocycles. The number of benzene rings is 6. The Bertz CT molecular complexity index is 2560. The fourth-order valence-electron chi connectivity index (χ4n) is 6.51. The molecule has 3 aromatic heterocycles. The van der Waals surface area contributed by atoms with E-state index < -0.39 is 7.14 Å². The normalized spacial score (nSPS) is 12.0. The monoisotopic (exact) mass is 611 g/mol. The third kappa shape index (κ3) is 4.23. The Kier molecular flexibility index (Phi) is 6.06. The maximum absolute atomic E-state index is 15.1. The Morgan fingerprint density at radius 1 is 0.413 bits per heavy atom. The van der Waals surface area contributed by atoms with Gasteiger partial charge in [0.05, 0.1) is 5.69 Å². The lowest BCUT2D eigenvalue weighted by atomic mass is 10.00. The van der Waals surface area contributed by atoms with Crippen molar-refractivity contribution in [2.24, 2.45) is 0 Å². The summed E-state index contributed by atoms with van der Waals surface area (Å²) in [6, 6.07) is 50.2. The SMILES string of the molecule is O=P(c1ccccc1)(c1ccccc1)c1ccc2oc3ccc(-c4ccc5oc6ccc(-c7ccccn7)cc6c5c4)cc3c2c1. The standard InChI is InChI=1S/C41H26NO3P/c43-46(30-9-3-1-4-10-30,31-11-5-2-6-12-31)32-17-21-41-36(26-32)34-24-28(15-19-39(34)45-41)27-14-18-38-33(23-27)35-25-29(16-20-40(35)44-38)37-13-7-8-22-42-37/h1-26H. The molecule has 0 aliphatic heterocycles. The highest BCUT2D eigenvalue weighted by molar-refractivity contribution is 7.85. The third-order valence-corrected chi connectivity index (χ3v) is 11.9. The van der Waals surface area contributed by atoms with E-state index in [0.717, 1.165) is 82.2 Å². The highest BCUT2D eigenvalue weighted by Gasteiger charge is 2.30. The van der Waals surface area contributed by atoms with Gasteiger partial charge in [-0.3, -0.25) is 4.98 Å². The Labute approximate surface area is 264 Å². The van der Waals surface area contributed by atoms with Crippen LogP contribution in [0.1, 0.15) is 0 Å². The second-order valence-corrected chi connectivity index (χ2v) is 14.3. The van der Waals surface area contributed by atoms with Crippen molar-refractivity contribution >= 4 is 66.9 Å². The van der Waals surface area contributed by atoms with Gasteiger partial charge in [0.25, 0.3) is 0 Å². The van der Waals surface area contributed by atoms with Crippen LogP contribution >= 0.6 is 7.14 Å². The predicted octanol–water partition coefficient (Wildman–Crippen LogP) is 9.85. The van der Waals surface area contributed by atoms with Crippen LogP contribution in [0, 0.1) is 0 Å². The highest BCUT2D eigenvalue weighted by atomic mass is 31.2. The first-order valence-corrected chi connectivity index (χ1v) is 16.9. The van der Waals surface area contributed by atoms with Crippen molar-refractivity contribution in [1.82, 2.24) is 4.98 Å². The molecule has 0 bridgehead atoms. The number of nitrogens with zero attached hydrogens (tertiary/aromatic N) is 1. The topological polar surface area (TPSA) is 56.2 Å². The Hall–Kier alpha value is -5.70. The van der Waals surface area contributed by atoms with Crippen molar-refractivity contribution < 1.29 is 13.4 Å². The second-order valence-electron chi connectivity index (χ2n) is 11.5. The van der Waals surface area contributed by atoms with Crippen LogP contribution in [0.25, 0.3) is 66.3 Å². The first-order chi connectivity index (χ1) is 22.6. The number of fused-ring (bicyclic) bond motifs is 6. The molecule has 6 aromatic carbocycles. The molecule has 5 heteroatoms. The molecule has 0 fully saturated rings. The van der Waals surface area contributed by atoms with E-state index in [9.17, 15) is 0 Å². The zero-order valence-electron chi connectivity index (χ0n) is 24.6. The minimum atomic E-state index is -3.13. The summed E-state index contributed by atoms with van der Waals surface area (Å²) in [6.07, 6.45) is 1.81.